The minimum atomic E-state index is -0.323. The second-order valence-corrected chi connectivity index (χ2v) is 7.29. The van der Waals surface area contributed by atoms with Gasteiger partial charge < -0.3 is 14.2 Å². The molecular formula is C18H17NO4S2. The lowest BCUT2D eigenvalue weighted by molar-refractivity contribution is 0.0606. The van der Waals surface area contributed by atoms with Crippen LogP contribution in [0.15, 0.2) is 29.6 Å². The predicted octanol–water partition coefficient (Wildman–Crippen LogP) is 4.65. The third kappa shape index (κ3) is 3.38. The molecule has 3 rings (SSSR count). The molecule has 2 aromatic heterocycles. The maximum absolute atomic E-state index is 11.7. The van der Waals surface area contributed by atoms with Crippen LogP contribution in [0, 0.1) is 6.92 Å². The van der Waals surface area contributed by atoms with E-state index in [-0.39, 0.29) is 5.97 Å². The van der Waals surface area contributed by atoms with Crippen molar-refractivity contribution in [2.75, 3.05) is 21.3 Å². The lowest BCUT2D eigenvalue weighted by atomic mass is 10.1. The number of hydrogen-bond donors (Lipinski definition) is 0. The number of rotatable bonds is 5. The van der Waals surface area contributed by atoms with E-state index < -0.39 is 0 Å². The lowest BCUT2D eigenvalue weighted by Crippen LogP contribution is -1.96. The minimum absolute atomic E-state index is 0.323. The first kappa shape index (κ1) is 17.4. The zero-order valence-electron chi connectivity index (χ0n) is 14.3. The second kappa shape index (κ2) is 7.25. The summed E-state index contributed by atoms with van der Waals surface area (Å²) in [6.07, 6.45) is 0. The molecular weight excluding hydrogens is 358 g/mol. The first-order valence-corrected chi connectivity index (χ1v) is 9.14. The standard InChI is InChI=1S/C18H17NO4S2/c1-10-12(8-16(25-10)18(20)23-4)17-19-13(9-24-17)11-5-6-14(21-2)15(7-11)22-3/h5-9H,1-4H3. The summed E-state index contributed by atoms with van der Waals surface area (Å²) >= 11 is 2.95. The summed E-state index contributed by atoms with van der Waals surface area (Å²) in [6.45, 7) is 1.98. The Kier molecular flexibility index (Phi) is 5.06. The normalized spacial score (nSPS) is 10.6. The van der Waals surface area contributed by atoms with Gasteiger partial charge in [0.1, 0.15) is 9.88 Å². The lowest BCUT2D eigenvalue weighted by Gasteiger charge is -2.08. The average molecular weight is 375 g/mol. The fourth-order valence-corrected chi connectivity index (χ4v) is 4.33. The van der Waals surface area contributed by atoms with Crippen molar-refractivity contribution in [1.82, 2.24) is 4.98 Å². The first-order valence-electron chi connectivity index (χ1n) is 7.44. The molecule has 25 heavy (non-hydrogen) atoms. The van der Waals surface area contributed by atoms with Gasteiger partial charge in [-0.15, -0.1) is 22.7 Å². The molecule has 0 saturated carbocycles. The molecule has 0 amide bonds. The predicted molar refractivity (Wildman–Crippen MR) is 100 cm³/mol. The maximum atomic E-state index is 11.7. The number of nitrogens with zero attached hydrogens (tertiary/aromatic N) is 1. The SMILES string of the molecule is COC(=O)c1cc(-c2nc(-c3ccc(OC)c(OC)c3)cs2)c(C)s1. The number of carbonyl (C=O) groups is 1. The van der Waals surface area contributed by atoms with Crippen LogP contribution in [-0.2, 0) is 4.74 Å². The van der Waals surface area contributed by atoms with Crippen LogP contribution in [0.1, 0.15) is 14.5 Å². The third-order valence-corrected chi connectivity index (χ3v) is 5.62. The van der Waals surface area contributed by atoms with E-state index in [0.29, 0.717) is 16.4 Å². The Morgan fingerprint density at radius 3 is 2.52 bits per heavy atom. The fourth-order valence-electron chi connectivity index (χ4n) is 2.42. The quantitative estimate of drug-likeness (QED) is 0.608. The molecule has 130 valence electrons. The Morgan fingerprint density at radius 2 is 1.84 bits per heavy atom. The van der Waals surface area contributed by atoms with Crippen LogP contribution in [0.25, 0.3) is 21.8 Å². The highest BCUT2D eigenvalue weighted by Gasteiger charge is 2.17. The van der Waals surface area contributed by atoms with Crippen LogP contribution in [0.2, 0.25) is 0 Å². The molecule has 7 heteroatoms. The van der Waals surface area contributed by atoms with Crippen LogP contribution in [0.5, 0.6) is 11.5 Å². The molecule has 0 aliphatic carbocycles. The summed E-state index contributed by atoms with van der Waals surface area (Å²) in [5.41, 5.74) is 2.76. The smallest absolute Gasteiger partial charge is 0.348 e. The summed E-state index contributed by atoms with van der Waals surface area (Å²) in [4.78, 5) is 18.0. The molecule has 0 bridgehead atoms. The number of esters is 1. The number of thiazole rings is 1. The number of carbonyl (C=O) groups excluding carboxylic acids is 1. The van der Waals surface area contributed by atoms with E-state index >= 15 is 0 Å². The highest BCUT2D eigenvalue weighted by atomic mass is 32.1. The summed E-state index contributed by atoms with van der Waals surface area (Å²) in [5, 5.41) is 2.86. The Balaban J connectivity index is 1.96. The maximum Gasteiger partial charge on any atom is 0.348 e. The van der Waals surface area contributed by atoms with E-state index in [1.54, 1.807) is 14.2 Å². The van der Waals surface area contributed by atoms with Gasteiger partial charge in [-0.1, -0.05) is 0 Å². The molecule has 0 radical (unpaired) electrons. The van der Waals surface area contributed by atoms with E-state index in [0.717, 1.165) is 26.7 Å². The van der Waals surface area contributed by atoms with Gasteiger partial charge in [-0.25, -0.2) is 9.78 Å². The number of benzene rings is 1. The summed E-state index contributed by atoms with van der Waals surface area (Å²) in [6, 6.07) is 7.54. The van der Waals surface area contributed by atoms with Crippen LogP contribution in [0.3, 0.4) is 0 Å². The fraction of sp³-hybridized carbons (Fsp3) is 0.222. The summed E-state index contributed by atoms with van der Waals surface area (Å²) in [5.74, 6) is 1.02. The molecule has 0 N–H and O–H groups in total. The van der Waals surface area contributed by atoms with Gasteiger partial charge in [-0.2, -0.15) is 0 Å². The summed E-state index contributed by atoms with van der Waals surface area (Å²) in [7, 11) is 4.60. The Hall–Kier alpha value is -2.38. The molecule has 2 heterocycles. The number of ether oxygens (including phenoxy) is 3. The zero-order chi connectivity index (χ0) is 18.0. The van der Waals surface area contributed by atoms with Gasteiger partial charge in [-0.05, 0) is 31.2 Å². The van der Waals surface area contributed by atoms with E-state index in [9.17, 15) is 4.79 Å². The first-order chi connectivity index (χ1) is 12.1. The second-order valence-electron chi connectivity index (χ2n) is 5.18. The molecule has 0 unspecified atom stereocenters. The molecule has 3 aromatic rings. The van der Waals surface area contributed by atoms with Crippen molar-refractivity contribution in [3.8, 4) is 33.3 Å². The van der Waals surface area contributed by atoms with Crippen molar-refractivity contribution in [2.45, 2.75) is 6.92 Å². The number of methoxy groups -OCH3 is 3. The van der Waals surface area contributed by atoms with Crippen LogP contribution < -0.4 is 9.47 Å². The van der Waals surface area contributed by atoms with Crippen LogP contribution >= 0.6 is 22.7 Å². The topological polar surface area (TPSA) is 57.7 Å². The molecule has 1 aromatic carbocycles. The molecule has 0 aliphatic heterocycles. The van der Waals surface area contributed by atoms with Crippen molar-refractivity contribution in [2.24, 2.45) is 0 Å². The van der Waals surface area contributed by atoms with Crippen LogP contribution in [-0.4, -0.2) is 32.3 Å². The molecule has 0 atom stereocenters. The van der Waals surface area contributed by atoms with Gasteiger partial charge in [0.15, 0.2) is 11.5 Å². The van der Waals surface area contributed by atoms with Gasteiger partial charge >= 0.3 is 5.97 Å². The molecule has 5 nitrogen and oxygen atoms in total. The number of thiophene rings is 1. The molecule has 0 spiro atoms. The molecule has 0 fully saturated rings. The van der Waals surface area contributed by atoms with E-state index in [1.165, 1.54) is 29.8 Å². The molecule has 0 aliphatic rings. The summed E-state index contributed by atoms with van der Waals surface area (Å²) < 4.78 is 15.4. The zero-order valence-corrected chi connectivity index (χ0v) is 15.9. The van der Waals surface area contributed by atoms with Gasteiger partial charge in [0.05, 0.1) is 27.0 Å². The minimum Gasteiger partial charge on any atom is -0.493 e. The average Bonchev–Trinajstić information content (AvgIpc) is 3.27. The van der Waals surface area contributed by atoms with Crippen molar-refractivity contribution in [1.29, 1.82) is 0 Å². The van der Waals surface area contributed by atoms with Crippen LogP contribution in [0.4, 0.5) is 0 Å². The number of hydrogen-bond acceptors (Lipinski definition) is 7. The Labute approximate surface area is 153 Å². The monoisotopic (exact) mass is 375 g/mol. The van der Waals surface area contributed by atoms with E-state index in [2.05, 4.69) is 0 Å². The van der Waals surface area contributed by atoms with Crippen molar-refractivity contribution >= 4 is 28.6 Å². The Bertz CT molecular complexity index is 914. The third-order valence-electron chi connectivity index (χ3n) is 3.72. The van der Waals surface area contributed by atoms with Crippen molar-refractivity contribution in [3.63, 3.8) is 0 Å². The molecule has 0 saturated heterocycles. The van der Waals surface area contributed by atoms with Gasteiger partial charge in [-0.3, -0.25) is 0 Å². The van der Waals surface area contributed by atoms with E-state index in [1.807, 2.05) is 36.6 Å². The van der Waals surface area contributed by atoms with Gasteiger partial charge in [0.2, 0.25) is 0 Å². The van der Waals surface area contributed by atoms with E-state index in [4.69, 9.17) is 19.2 Å². The van der Waals surface area contributed by atoms with Gasteiger partial charge in [0, 0.05) is 21.4 Å². The number of aromatic nitrogens is 1. The van der Waals surface area contributed by atoms with Crippen molar-refractivity contribution in [3.05, 3.63) is 39.4 Å². The Morgan fingerprint density at radius 1 is 1.08 bits per heavy atom. The highest BCUT2D eigenvalue weighted by Crippen LogP contribution is 2.37. The van der Waals surface area contributed by atoms with Gasteiger partial charge in [0.25, 0.3) is 0 Å². The number of aryl methyl sites for hydroxylation is 1. The largest absolute Gasteiger partial charge is 0.493 e. The highest BCUT2D eigenvalue weighted by molar-refractivity contribution is 7.16. The van der Waals surface area contributed by atoms with Crippen molar-refractivity contribution < 1.29 is 19.0 Å².